The normalized spacial score (nSPS) is 12.5. The Morgan fingerprint density at radius 1 is 0.786 bits per heavy atom. The predicted molar refractivity (Wildman–Crippen MR) is 118 cm³/mol. The lowest BCUT2D eigenvalue weighted by molar-refractivity contribution is 0.687. The maximum Gasteiger partial charge on any atom is 0.0702 e. The Balaban J connectivity index is 1.67. The van der Waals surface area contributed by atoms with E-state index in [1.807, 2.05) is 54.9 Å². The molecule has 2 aromatic carbocycles. The highest BCUT2D eigenvalue weighted by Gasteiger charge is 2.16. The van der Waals surface area contributed by atoms with Crippen molar-refractivity contribution in [3.63, 3.8) is 0 Å². The van der Waals surface area contributed by atoms with Gasteiger partial charge in [-0.15, -0.1) is 11.3 Å². The smallest absolute Gasteiger partial charge is 0.0702 e. The van der Waals surface area contributed by atoms with Crippen LogP contribution in [0, 0.1) is 0 Å². The molecule has 1 atom stereocenters. The van der Waals surface area contributed by atoms with E-state index < -0.39 is 10.8 Å². The molecular formula is C23H16N2OS2. The summed E-state index contributed by atoms with van der Waals surface area (Å²) in [6, 6.07) is 22.4. The van der Waals surface area contributed by atoms with Crippen molar-refractivity contribution in [1.29, 1.82) is 0 Å². The van der Waals surface area contributed by atoms with Crippen LogP contribution >= 0.6 is 11.3 Å². The molecule has 0 bridgehead atoms. The van der Waals surface area contributed by atoms with E-state index >= 15 is 0 Å². The van der Waals surface area contributed by atoms with Gasteiger partial charge in [0.05, 0.1) is 31.6 Å². The fourth-order valence-corrected chi connectivity index (χ4v) is 5.56. The van der Waals surface area contributed by atoms with Crippen LogP contribution in [0.1, 0.15) is 0 Å². The molecule has 0 aliphatic carbocycles. The summed E-state index contributed by atoms with van der Waals surface area (Å²) < 4.78 is 12.4. The molecule has 5 aromatic rings. The van der Waals surface area contributed by atoms with Crippen molar-refractivity contribution in [3.8, 4) is 20.9 Å². The third-order valence-corrected chi connectivity index (χ3v) is 7.04. The van der Waals surface area contributed by atoms with Crippen LogP contribution < -0.4 is 0 Å². The second kappa shape index (κ2) is 6.93. The molecule has 0 aliphatic rings. The third-order valence-electron chi connectivity index (χ3n) is 4.74. The summed E-state index contributed by atoms with van der Waals surface area (Å²) in [6.45, 7) is 0. The summed E-state index contributed by atoms with van der Waals surface area (Å²) >= 11 is 1.64. The molecule has 3 heterocycles. The molecule has 5 rings (SSSR count). The highest BCUT2D eigenvalue weighted by atomic mass is 32.2. The van der Waals surface area contributed by atoms with E-state index in [-0.39, 0.29) is 0 Å². The first-order chi connectivity index (χ1) is 13.7. The second-order valence-electron chi connectivity index (χ2n) is 6.59. The molecule has 136 valence electrons. The Morgan fingerprint density at radius 2 is 1.36 bits per heavy atom. The first kappa shape index (κ1) is 17.2. The van der Waals surface area contributed by atoms with Gasteiger partial charge in [-0.05, 0) is 30.3 Å². The Morgan fingerprint density at radius 3 is 2.00 bits per heavy atom. The van der Waals surface area contributed by atoms with Crippen LogP contribution in [-0.2, 0) is 10.8 Å². The fraction of sp³-hybridized carbons (Fsp3) is 0.0435. The van der Waals surface area contributed by atoms with E-state index in [9.17, 15) is 4.21 Å². The van der Waals surface area contributed by atoms with Gasteiger partial charge in [0.25, 0.3) is 0 Å². The molecule has 0 saturated carbocycles. The second-order valence-corrected chi connectivity index (χ2v) is 8.99. The lowest BCUT2D eigenvalue weighted by Gasteiger charge is -2.03. The SMILES string of the molecule is CS(=O)c1cc(-c2cnc3ccccc3c2)sc1-c1cnc2ccccc2c1. The highest BCUT2D eigenvalue weighted by molar-refractivity contribution is 7.84. The van der Waals surface area contributed by atoms with Crippen molar-refractivity contribution in [2.45, 2.75) is 4.90 Å². The molecule has 3 aromatic heterocycles. The van der Waals surface area contributed by atoms with Crippen molar-refractivity contribution < 1.29 is 4.21 Å². The molecule has 0 saturated heterocycles. The molecule has 28 heavy (non-hydrogen) atoms. The Labute approximate surface area is 169 Å². The van der Waals surface area contributed by atoms with Gasteiger partial charge in [-0.1, -0.05) is 36.4 Å². The predicted octanol–water partition coefficient (Wildman–Crippen LogP) is 5.92. The number of para-hydroxylation sites is 2. The van der Waals surface area contributed by atoms with Crippen molar-refractivity contribution in [2.24, 2.45) is 0 Å². The van der Waals surface area contributed by atoms with Crippen LogP contribution in [0.2, 0.25) is 0 Å². The summed E-state index contributed by atoms with van der Waals surface area (Å²) in [6.07, 6.45) is 5.48. The summed E-state index contributed by atoms with van der Waals surface area (Å²) in [5.74, 6) is 0. The van der Waals surface area contributed by atoms with Crippen molar-refractivity contribution in [1.82, 2.24) is 9.97 Å². The van der Waals surface area contributed by atoms with Crippen molar-refractivity contribution >= 4 is 43.9 Å². The molecular weight excluding hydrogens is 384 g/mol. The number of aromatic nitrogens is 2. The van der Waals surface area contributed by atoms with Gasteiger partial charge in [0.1, 0.15) is 0 Å². The standard InChI is InChI=1S/C23H16N2OS2/c1-28(26)22-12-21(17-10-15-6-2-4-8-19(15)24-13-17)27-23(22)18-11-16-7-3-5-9-20(16)25-14-18/h2-14H,1H3. The lowest BCUT2D eigenvalue weighted by Crippen LogP contribution is -1.88. The lowest BCUT2D eigenvalue weighted by atomic mass is 10.1. The molecule has 0 amide bonds. The minimum absolute atomic E-state index is 0.838. The summed E-state index contributed by atoms with van der Waals surface area (Å²) in [4.78, 5) is 12.1. The van der Waals surface area contributed by atoms with E-state index in [0.29, 0.717) is 0 Å². The molecule has 0 fully saturated rings. The van der Waals surface area contributed by atoms with Gasteiger partial charge < -0.3 is 0 Å². The zero-order valence-electron chi connectivity index (χ0n) is 15.1. The first-order valence-corrected chi connectivity index (χ1v) is 11.2. The Hall–Kier alpha value is -2.89. The summed E-state index contributed by atoms with van der Waals surface area (Å²) in [5, 5.41) is 2.18. The minimum atomic E-state index is -1.09. The number of benzene rings is 2. The third kappa shape index (κ3) is 3.03. The van der Waals surface area contributed by atoms with Gasteiger partial charge in [-0.3, -0.25) is 14.2 Å². The molecule has 5 heteroatoms. The Kier molecular flexibility index (Phi) is 4.26. The molecule has 3 nitrogen and oxygen atoms in total. The van der Waals surface area contributed by atoms with Gasteiger partial charge in [-0.25, -0.2) is 0 Å². The van der Waals surface area contributed by atoms with E-state index in [1.165, 1.54) is 0 Å². The van der Waals surface area contributed by atoms with E-state index in [2.05, 4.69) is 34.2 Å². The first-order valence-electron chi connectivity index (χ1n) is 8.87. The number of pyridine rings is 2. The average Bonchev–Trinajstić information content (AvgIpc) is 3.19. The van der Waals surface area contributed by atoms with Gasteiger partial charge in [0, 0.05) is 45.4 Å². The summed E-state index contributed by atoms with van der Waals surface area (Å²) in [7, 11) is -1.09. The largest absolute Gasteiger partial charge is 0.256 e. The molecule has 1 unspecified atom stereocenters. The van der Waals surface area contributed by atoms with Crippen LogP contribution in [0.25, 0.3) is 42.7 Å². The molecule has 0 spiro atoms. The number of hydrogen-bond acceptors (Lipinski definition) is 4. The van der Waals surface area contributed by atoms with Crippen LogP contribution in [-0.4, -0.2) is 20.4 Å². The summed E-state index contributed by atoms with van der Waals surface area (Å²) in [5.41, 5.74) is 3.96. The topological polar surface area (TPSA) is 42.9 Å². The monoisotopic (exact) mass is 400 g/mol. The van der Waals surface area contributed by atoms with Gasteiger partial charge in [-0.2, -0.15) is 0 Å². The van der Waals surface area contributed by atoms with E-state index in [0.717, 1.165) is 47.6 Å². The maximum atomic E-state index is 12.4. The quantitative estimate of drug-likeness (QED) is 0.378. The van der Waals surface area contributed by atoms with Crippen molar-refractivity contribution in [2.75, 3.05) is 6.26 Å². The van der Waals surface area contributed by atoms with Crippen molar-refractivity contribution in [3.05, 3.63) is 79.1 Å². The number of hydrogen-bond donors (Lipinski definition) is 0. The highest BCUT2D eigenvalue weighted by Crippen LogP contribution is 2.40. The number of thiophene rings is 1. The molecule has 0 aliphatic heterocycles. The zero-order valence-corrected chi connectivity index (χ0v) is 16.8. The van der Waals surface area contributed by atoms with Gasteiger partial charge >= 0.3 is 0 Å². The number of nitrogens with zero attached hydrogens (tertiary/aromatic N) is 2. The zero-order chi connectivity index (χ0) is 19.1. The maximum absolute atomic E-state index is 12.4. The van der Waals surface area contributed by atoms with Gasteiger partial charge in [0.2, 0.25) is 0 Å². The Bertz CT molecular complexity index is 1360. The van der Waals surface area contributed by atoms with Crippen LogP contribution in [0.15, 0.2) is 84.0 Å². The average molecular weight is 401 g/mol. The van der Waals surface area contributed by atoms with E-state index in [1.54, 1.807) is 17.6 Å². The number of fused-ring (bicyclic) bond motifs is 2. The van der Waals surface area contributed by atoms with Crippen LogP contribution in [0.3, 0.4) is 0 Å². The fourth-order valence-electron chi connectivity index (χ4n) is 3.33. The molecule has 0 N–H and O–H groups in total. The van der Waals surface area contributed by atoms with Crippen LogP contribution in [0.4, 0.5) is 0 Å². The minimum Gasteiger partial charge on any atom is -0.256 e. The molecule has 0 radical (unpaired) electrons. The van der Waals surface area contributed by atoms with Crippen LogP contribution in [0.5, 0.6) is 0 Å². The van der Waals surface area contributed by atoms with E-state index in [4.69, 9.17) is 0 Å². The number of rotatable bonds is 3. The van der Waals surface area contributed by atoms with Gasteiger partial charge in [0.15, 0.2) is 0 Å².